The van der Waals surface area contributed by atoms with Crippen molar-refractivity contribution >= 4 is 11.9 Å². The Labute approximate surface area is 180 Å². The predicted molar refractivity (Wildman–Crippen MR) is 116 cm³/mol. The van der Waals surface area contributed by atoms with Crippen LogP contribution in [0, 0.1) is 0 Å². The van der Waals surface area contributed by atoms with Gasteiger partial charge in [0.15, 0.2) is 0 Å². The van der Waals surface area contributed by atoms with Gasteiger partial charge in [-0.15, -0.1) is 0 Å². The van der Waals surface area contributed by atoms with Gasteiger partial charge in [-0.3, -0.25) is 14.4 Å². The highest BCUT2D eigenvalue weighted by Crippen LogP contribution is 2.45. The summed E-state index contributed by atoms with van der Waals surface area (Å²) < 4.78 is 5.79. The minimum absolute atomic E-state index is 0.0158. The van der Waals surface area contributed by atoms with Crippen LogP contribution < -0.4 is 0 Å². The molecule has 6 nitrogen and oxygen atoms in total. The Morgan fingerprint density at radius 2 is 1.77 bits per heavy atom. The number of benzene rings is 1. The minimum atomic E-state index is -0.891. The SMILES string of the molecule is CCC1(CC)CC(OC(=O)CCCC(=O)O)CC(C)(C)N1OC(C)c1ccccc1. The maximum absolute atomic E-state index is 12.3. The van der Waals surface area contributed by atoms with Crippen molar-refractivity contribution in [2.75, 3.05) is 0 Å². The molecule has 1 fully saturated rings. The Morgan fingerprint density at radius 1 is 1.13 bits per heavy atom. The molecule has 2 unspecified atom stereocenters. The van der Waals surface area contributed by atoms with E-state index in [0.29, 0.717) is 19.3 Å². The van der Waals surface area contributed by atoms with Crippen LogP contribution in [0.4, 0.5) is 0 Å². The van der Waals surface area contributed by atoms with Crippen LogP contribution in [-0.4, -0.2) is 39.3 Å². The highest BCUT2D eigenvalue weighted by molar-refractivity contribution is 5.71. The van der Waals surface area contributed by atoms with Gasteiger partial charge in [0.25, 0.3) is 0 Å². The number of esters is 1. The summed E-state index contributed by atoms with van der Waals surface area (Å²) in [6, 6.07) is 10.2. The molecule has 0 radical (unpaired) electrons. The van der Waals surface area contributed by atoms with Gasteiger partial charge in [0.1, 0.15) is 12.2 Å². The Bertz CT molecular complexity index is 699. The second kappa shape index (κ2) is 10.4. The van der Waals surface area contributed by atoms with E-state index in [1.807, 2.05) is 18.2 Å². The van der Waals surface area contributed by atoms with Crippen LogP contribution in [0.3, 0.4) is 0 Å². The molecule has 0 amide bonds. The summed E-state index contributed by atoms with van der Waals surface area (Å²) in [6.07, 6.45) is 3.26. The molecule has 2 rings (SSSR count). The molecule has 1 aliphatic heterocycles. The molecule has 0 saturated carbocycles. The van der Waals surface area contributed by atoms with Crippen LogP contribution in [0.15, 0.2) is 30.3 Å². The van der Waals surface area contributed by atoms with Crippen LogP contribution in [0.2, 0.25) is 0 Å². The van der Waals surface area contributed by atoms with E-state index in [2.05, 4.69) is 51.8 Å². The fraction of sp³-hybridized carbons (Fsp3) is 0.667. The number of ether oxygens (including phenoxy) is 1. The third kappa shape index (κ3) is 6.05. The third-order valence-corrected chi connectivity index (χ3v) is 6.23. The molecule has 1 N–H and O–H groups in total. The Kier molecular flexibility index (Phi) is 8.44. The van der Waals surface area contributed by atoms with Crippen LogP contribution in [-0.2, 0) is 19.2 Å². The van der Waals surface area contributed by atoms with Crippen molar-refractivity contribution in [2.24, 2.45) is 0 Å². The smallest absolute Gasteiger partial charge is 0.306 e. The van der Waals surface area contributed by atoms with Gasteiger partial charge in [0.05, 0.1) is 0 Å². The fourth-order valence-electron chi connectivity index (χ4n) is 4.60. The largest absolute Gasteiger partial charge is 0.481 e. The lowest BCUT2D eigenvalue weighted by atomic mass is 9.75. The summed E-state index contributed by atoms with van der Waals surface area (Å²) in [4.78, 5) is 29.5. The lowest BCUT2D eigenvalue weighted by Crippen LogP contribution is -2.64. The first kappa shape index (κ1) is 24.4. The summed E-state index contributed by atoms with van der Waals surface area (Å²) in [5.41, 5.74) is 0.567. The molecule has 0 aliphatic carbocycles. The van der Waals surface area contributed by atoms with E-state index in [1.165, 1.54) is 0 Å². The van der Waals surface area contributed by atoms with Gasteiger partial charge in [0.2, 0.25) is 0 Å². The molecule has 2 atom stereocenters. The first-order valence-corrected chi connectivity index (χ1v) is 11.1. The number of carboxylic acids is 1. The Balaban J connectivity index is 2.13. The van der Waals surface area contributed by atoms with Gasteiger partial charge in [-0.1, -0.05) is 44.2 Å². The van der Waals surface area contributed by atoms with Gasteiger partial charge in [-0.05, 0) is 45.6 Å². The number of carbonyl (C=O) groups is 2. The molecule has 30 heavy (non-hydrogen) atoms. The third-order valence-electron chi connectivity index (χ3n) is 6.23. The van der Waals surface area contributed by atoms with E-state index < -0.39 is 5.97 Å². The number of hydrogen-bond acceptors (Lipinski definition) is 5. The standard InChI is InChI=1S/C24H37NO5/c1-6-24(7-2)17-20(29-22(28)15-11-14-21(26)27)16-23(4,5)25(24)30-18(3)19-12-9-8-10-13-19/h8-10,12-13,18,20H,6-7,11,14-17H2,1-5H3,(H,26,27). The topological polar surface area (TPSA) is 76.1 Å². The van der Waals surface area contributed by atoms with E-state index in [4.69, 9.17) is 14.7 Å². The van der Waals surface area contributed by atoms with E-state index in [9.17, 15) is 9.59 Å². The second-order valence-corrected chi connectivity index (χ2v) is 8.96. The van der Waals surface area contributed by atoms with Gasteiger partial charge in [-0.2, -0.15) is 5.06 Å². The number of nitrogens with zero attached hydrogens (tertiary/aromatic N) is 1. The molecule has 0 spiro atoms. The lowest BCUT2D eigenvalue weighted by Gasteiger charge is -2.56. The van der Waals surface area contributed by atoms with E-state index in [-0.39, 0.29) is 42.1 Å². The molecule has 1 aliphatic rings. The summed E-state index contributed by atoms with van der Waals surface area (Å²) in [6.45, 7) is 10.6. The van der Waals surface area contributed by atoms with Gasteiger partial charge < -0.3 is 9.84 Å². The fourth-order valence-corrected chi connectivity index (χ4v) is 4.60. The number of carbonyl (C=O) groups excluding carboxylic acids is 1. The predicted octanol–water partition coefficient (Wildman–Crippen LogP) is 5.28. The van der Waals surface area contributed by atoms with Crippen molar-refractivity contribution in [1.29, 1.82) is 0 Å². The maximum atomic E-state index is 12.3. The van der Waals surface area contributed by atoms with Gasteiger partial charge in [-0.25, -0.2) is 0 Å². The highest BCUT2D eigenvalue weighted by atomic mass is 16.7. The number of hydroxylamine groups is 2. The molecule has 1 aromatic rings. The molecule has 0 aromatic heterocycles. The number of piperidine rings is 1. The zero-order chi connectivity index (χ0) is 22.4. The molecule has 0 bridgehead atoms. The van der Waals surface area contributed by atoms with Crippen molar-refractivity contribution in [3.05, 3.63) is 35.9 Å². The zero-order valence-corrected chi connectivity index (χ0v) is 19.0. The minimum Gasteiger partial charge on any atom is -0.481 e. The molecule has 168 valence electrons. The van der Waals surface area contributed by atoms with Gasteiger partial charge in [0, 0.05) is 36.8 Å². The van der Waals surface area contributed by atoms with Crippen molar-refractivity contribution in [1.82, 2.24) is 5.06 Å². The average molecular weight is 420 g/mol. The van der Waals surface area contributed by atoms with E-state index >= 15 is 0 Å². The normalized spacial score (nSPS) is 21.7. The van der Waals surface area contributed by atoms with Gasteiger partial charge >= 0.3 is 11.9 Å². The molecular formula is C24H37NO5. The summed E-state index contributed by atoms with van der Waals surface area (Å²) in [5, 5.41) is 10.9. The number of rotatable bonds is 10. The lowest BCUT2D eigenvalue weighted by molar-refractivity contribution is -0.323. The van der Waals surface area contributed by atoms with Crippen LogP contribution in [0.1, 0.15) is 91.2 Å². The Morgan fingerprint density at radius 3 is 2.33 bits per heavy atom. The average Bonchev–Trinajstić information content (AvgIpc) is 2.69. The highest BCUT2D eigenvalue weighted by Gasteiger charge is 2.51. The van der Waals surface area contributed by atoms with Crippen molar-refractivity contribution in [3.63, 3.8) is 0 Å². The second-order valence-electron chi connectivity index (χ2n) is 8.96. The summed E-state index contributed by atoms with van der Waals surface area (Å²) in [5.74, 6) is -1.21. The number of hydrogen-bond donors (Lipinski definition) is 1. The molecule has 1 heterocycles. The van der Waals surface area contributed by atoms with E-state index in [1.54, 1.807) is 0 Å². The maximum Gasteiger partial charge on any atom is 0.306 e. The van der Waals surface area contributed by atoms with Crippen molar-refractivity contribution in [3.8, 4) is 0 Å². The molecule has 6 heteroatoms. The summed E-state index contributed by atoms with van der Waals surface area (Å²) in [7, 11) is 0. The molecule has 1 aromatic carbocycles. The number of carboxylic acid groups (broad SMARTS) is 1. The first-order chi connectivity index (χ1) is 14.1. The van der Waals surface area contributed by atoms with Crippen molar-refractivity contribution in [2.45, 2.75) is 103 Å². The van der Waals surface area contributed by atoms with Crippen LogP contribution >= 0.6 is 0 Å². The first-order valence-electron chi connectivity index (χ1n) is 11.1. The molecular weight excluding hydrogens is 382 g/mol. The quantitative estimate of drug-likeness (QED) is 0.520. The molecule has 1 saturated heterocycles. The van der Waals surface area contributed by atoms with E-state index in [0.717, 1.165) is 18.4 Å². The van der Waals surface area contributed by atoms with Crippen LogP contribution in [0.25, 0.3) is 0 Å². The van der Waals surface area contributed by atoms with Crippen LogP contribution in [0.5, 0.6) is 0 Å². The zero-order valence-electron chi connectivity index (χ0n) is 19.0. The monoisotopic (exact) mass is 419 g/mol. The Hall–Kier alpha value is -1.92. The summed E-state index contributed by atoms with van der Waals surface area (Å²) >= 11 is 0. The van der Waals surface area contributed by atoms with Crippen molar-refractivity contribution < 1.29 is 24.3 Å². The number of aliphatic carboxylic acids is 1.